The van der Waals surface area contributed by atoms with E-state index >= 15 is 0 Å². The van der Waals surface area contributed by atoms with Crippen LogP contribution in [0.4, 0.5) is 4.79 Å². The second kappa shape index (κ2) is 11.3. The summed E-state index contributed by atoms with van der Waals surface area (Å²) in [6, 6.07) is 17.1. The third-order valence-electron chi connectivity index (χ3n) is 5.10. The summed E-state index contributed by atoms with van der Waals surface area (Å²) in [6.45, 7) is 7.87. The molecule has 0 saturated heterocycles. The molecule has 0 aliphatic heterocycles. The van der Waals surface area contributed by atoms with Gasteiger partial charge in [0.25, 0.3) is 0 Å². The predicted octanol–water partition coefficient (Wildman–Crippen LogP) is 6.73. The van der Waals surface area contributed by atoms with Gasteiger partial charge < -0.3 is 14.4 Å². The summed E-state index contributed by atoms with van der Waals surface area (Å²) >= 11 is 1.66. The molecular formula is C25H32N2O3SSi. The number of amides is 1. The van der Waals surface area contributed by atoms with E-state index in [0.29, 0.717) is 19.6 Å². The van der Waals surface area contributed by atoms with Crippen LogP contribution in [0.1, 0.15) is 17.4 Å². The van der Waals surface area contributed by atoms with Crippen LogP contribution in [0.2, 0.25) is 25.7 Å². The van der Waals surface area contributed by atoms with E-state index in [1.165, 1.54) is 0 Å². The Morgan fingerprint density at radius 2 is 1.88 bits per heavy atom. The maximum Gasteiger partial charge on any atom is 0.409 e. The van der Waals surface area contributed by atoms with E-state index < -0.39 is 8.07 Å². The second-order valence-corrected chi connectivity index (χ2v) is 15.6. The van der Waals surface area contributed by atoms with Gasteiger partial charge in [-0.1, -0.05) is 37.8 Å². The van der Waals surface area contributed by atoms with Crippen LogP contribution in [-0.4, -0.2) is 44.3 Å². The van der Waals surface area contributed by atoms with Crippen molar-refractivity contribution in [2.24, 2.45) is 0 Å². The van der Waals surface area contributed by atoms with E-state index in [9.17, 15) is 4.79 Å². The van der Waals surface area contributed by atoms with Gasteiger partial charge in [-0.25, -0.2) is 4.79 Å². The number of aromatic nitrogens is 1. The van der Waals surface area contributed by atoms with Crippen LogP contribution in [0.3, 0.4) is 0 Å². The van der Waals surface area contributed by atoms with Gasteiger partial charge in [-0.05, 0) is 52.9 Å². The van der Waals surface area contributed by atoms with Gasteiger partial charge in [0.2, 0.25) is 0 Å². The van der Waals surface area contributed by atoms with E-state index in [1.54, 1.807) is 35.7 Å². The zero-order chi connectivity index (χ0) is 23.0. The standard InChI is InChI=1S/C25H32N2O3SSi/c1-27(25(28)29-16-18-32(2,3)4)15-12-23(24-9-6-17-31-24)30-22-8-5-7-21(19-22)20-10-13-26-14-11-20/h5-11,13-14,17,19,23H,12,15-16,18H2,1-4H3. The van der Waals surface area contributed by atoms with E-state index in [0.717, 1.165) is 27.8 Å². The summed E-state index contributed by atoms with van der Waals surface area (Å²) in [5, 5.41) is 2.05. The van der Waals surface area contributed by atoms with Gasteiger partial charge in [0.1, 0.15) is 11.9 Å². The molecule has 1 atom stereocenters. The molecule has 0 radical (unpaired) electrons. The van der Waals surface area contributed by atoms with E-state index in [-0.39, 0.29) is 12.2 Å². The van der Waals surface area contributed by atoms with E-state index in [1.807, 2.05) is 41.8 Å². The molecule has 0 spiro atoms. The molecule has 3 rings (SSSR count). The fraction of sp³-hybridized carbons (Fsp3) is 0.360. The van der Waals surface area contributed by atoms with Crippen LogP contribution in [0.25, 0.3) is 11.1 Å². The van der Waals surface area contributed by atoms with E-state index in [4.69, 9.17) is 9.47 Å². The molecule has 2 aromatic heterocycles. The zero-order valence-electron chi connectivity index (χ0n) is 19.3. The van der Waals surface area contributed by atoms with Crippen molar-refractivity contribution in [3.05, 3.63) is 71.2 Å². The number of benzene rings is 1. The molecule has 1 unspecified atom stereocenters. The molecule has 0 bridgehead atoms. The van der Waals surface area contributed by atoms with Crippen molar-refractivity contribution >= 4 is 25.5 Å². The highest BCUT2D eigenvalue weighted by Crippen LogP contribution is 2.31. The molecule has 170 valence electrons. The summed E-state index contributed by atoms with van der Waals surface area (Å²) in [6.07, 6.45) is 3.85. The molecule has 0 fully saturated rings. The second-order valence-electron chi connectivity index (χ2n) is 9.02. The smallest absolute Gasteiger partial charge is 0.409 e. The van der Waals surface area contributed by atoms with Gasteiger partial charge in [0, 0.05) is 45.4 Å². The first kappa shape index (κ1) is 24.0. The van der Waals surface area contributed by atoms with Crippen molar-refractivity contribution < 1.29 is 14.3 Å². The Hall–Kier alpha value is -2.64. The highest BCUT2D eigenvalue weighted by molar-refractivity contribution is 7.10. The monoisotopic (exact) mass is 468 g/mol. The molecule has 3 aromatic rings. The Bertz CT molecular complexity index is 974. The fourth-order valence-corrected chi connectivity index (χ4v) is 4.65. The van der Waals surface area contributed by atoms with Crippen LogP contribution in [0.5, 0.6) is 5.75 Å². The number of rotatable bonds is 10. The molecule has 32 heavy (non-hydrogen) atoms. The Morgan fingerprint density at radius 3 is 2.56 bits per heavy atom. The molecule has 0 aliphatic carbocycles. The molecule has 5 nitrogen and oxygen atoms in total. The molecular weight excluding hydrogens is 436 g/mol. The molecule has 0 saturated carbocycles. The minimum atomic E-state index is -1.22. The van der Waals surface area contributed by atoms with Crippen molar-refractivity contribution in [2.45, 2.75) is 38.2 Å². The first-order valence-electron chi connectivity index (χ1n) is 10.9. The molecule has 7 heteroatoms. The van der Waals surface area contributed by atoms with Crippen LogP contribution >= 0.6 is 11.3 Å². The van der Waals surface area contributed by atoms with Crippen molar-refractivity contribution in [1.29, 1.82) is 0 Å². The first-order chi connectivity index (χ1) is 15.3. The number of ether oxygens (including phenoxy) is 2. The molecule has 0 aliphatic rings. The lowest BCUT2D eigenvalue weighted by Crippen LogP contribution is -2.31. The minimum absolute atomic E-state index is 0.139. The molecule has 1 aromatic carbocycles. The normalized spacial score (nSPS) is 12.2. The average Bonchev–Trinajstić information content (AvgIpc) is 3.31. The van der Waals surface area contributed by atoms with Crippen LogP contribution < -0.4 is 4.74 Å². The SMILES string of the molecule is CN(CCC(Oc1cccc(-c2ccncc2)c1)c1cccs1)C(=O)OCC[Si](C)(C)C. The minimum Gasteiger partial charge on any atom is -0.485 e. The maximum absolute atomic E-state index is 12.4. The predicted molar refractivity (Wildman–Crippen MR) is 134 cm³/mol. The third-order valence-corrected chi connectivity index (χ3v) is 7.77. The van der Waals surface area contributed by atoms with Crippen molar-refractivity contribution in [3.8, 4) is 16.9 Å². The zero-order valence-corrected chi connectivity index (χ0v) is 21.1. The van der Waals surface area contributed by atoms with Gasteiger partial charge in [-0.2, -0.15) is 0 Å². The van der Waals surface area contributed by atoms with Gasteiger partial charge in [-0.15, -0.1) is 11.3 Å². The topological polar surface area (TPSA) is 51.7 Å². The molecule has 0 N–H and O–H groups in total. The van der Waals surface area contributed by atoms with E-state index in [2.05, 4.69) is 36.8 Å². The number of hydrogen-bond acceptors (Lipinski definition) is 5. The van der Waals surface area contributed by atoms with Crippen molar-refractivity contribution in [2.75, 3.05) is 20.2 Å². The Morgan fingerprint density at radius 1 is 1.09 bits per heavy atom. The lowest BCUT2D eigenvalue weighted by Gasteiger charge is -2.23. The van der Waals surface area contributed by atoms with Crippen molar-refractivity contribution in [3.63, 3.8) is 0 Å². The number of hydrogen-bond donors (Lipinski definition) is 0. The summed E-state index contributed by atoms with van der Waals surface area (Å²) in [5.41, 5.74) is 2.18. The average molecular weight is 469 g/mol. The van der Waals surface area contributed by atoms with Gasteiger partial charge in [0.15, 0.2) is 0 Å². The molecule has 2 heterocycles. The maximum atomic E-state index is 12.4. The highest BCUT2D eigenvalue weighted by Gasteiger charge is 2.19. The fourth-order valence-electron chi connectivity index (χ4n) is 3.15. The third kappa shape index (κ3) is 7.49. The lowest BCUT2D eigenvalue weighted by molar-refractivity contribution is 0.108. The van der Waals surface area contributed by atoms with Crippen LogP contribution in [0.15, 0.2) is 66.3 Å². The number of nitrogens with zero attached hydrogens (tertiary/aromatic N) is 2. The van der Waals surface area contributed by atoms with Gasteiger partial charge >= 0.3 is 6.09 Å². The van der Waals surface area contributed by atoms with Crippen LogP contribution in [0, 0.1) is 0 Å². The summed E-state index contributed by atoms with van der Waals surface area (Å²) in [5.74, 6) is 0.804. The Kier molecular flexibility index (Phi) is 8.47. The molecule has 1 amide bonds. The summed E-state index contributed by atoms with van der Waals surface area (Å²) < 4.78 is 11.9. The number of pyridine rings is 1. The quantitative estimate of drug-likeness (QED) is 0.310. The van der Waals surface area contributed by atoms with Crippen molar-refractivity contribution in [1.82, 2.24) is 9.88 Å². The Labute approximate surface area is 196 Å². The number of thiophene rings is 1. The first-order valence-corrected chi connectivity index (χ1v) is 15.5. The Balaban J connectivity index is 1.62. The largest absolute Gasteiger partial charge is 0.485 e. The number of carbonyl (C=O) groups excluding carboxylic acids is 1. The van der Waals surface area contributed by atoms with Gasteiger partial charge in [0.05, 0.1) is 6.61 Å². The number of carbonyl (C=O) groups is 1. The highest BCUT2D eigenvalue weighted by atomic mass is 32.1. The lowest BCUT2D eigenvalue weighted by atomic mass is 10.1. The van der Waals surface area contributed by atoms with Gasteiger partial charge in [-0.3, -0.25) is 4.98 Å². The summed E-state index contributed by atoms with van der Waals surface area (Å²) in [4.78, 5) is 19.2. The van der Waals surface area contributed by atoms with Crippen LogP contribution in [-0.2, 0) is 4.74 Å². The summed E-state index contributed by atoms with van der Waals surface area (Å²) in [7, 11) is 0.562.